The van der Waals surface area contributed by atoms with Gasteiger partial charge in [-0.2, -0.15) is 0 Å². The Balaban J connectivity index is 1.84. The summed E-state index contributed by atoms with van der Waals surface area (Å²) in [6.45, 7) is 3.73. The molecule has 1 saturated heterocycles. The van der Waals surface area contributed by atoms with Crippen molar-refractivity contribution in [3.63, 3.8) is 0 Å². The topological polar surface area (TPSA) is 58.1 Å². The first-order chi connectivity index (χ1) is 10.6. The first kappa shape index (κ1) is 15.1. The SMILES string of the molecule is CC1C(n2c(=O)cc(Cl)[nH]c2=O)CCN1Cc1ccccc1. The number of nitrogens with zero attached hydrogens (tertiary/aromatic N) is 2. The lowest BCUT2D eigenvalue weighted by molar-refractivity contribution is 0.230. The highest BCUT2D eigenvalue weighted by Crippen LogP contribution is 2.28. The molecule has 1 aliphatic heterocycles. The zero-order valence-electron chi connectivity index (χ0n) is 12.3. The number of hydrogen-bond donors (Lipinski definition) is 1. The van der Waals surface area contributed by atoms with Gasteiger partial charge < -0.3 is 0 Å². The normalized spacial score (nSPS) is 22.1. The van der Waals surface area contributed by atoms with E-state index in [4.69, 9.17) is 11.6 Å². The van der Waals surface area contributed by atoms with E-state index in [9.17, 15) is 9.59 Å². The van der Waals surface area contributed by atoms with Gasteiger partial charge in [-0.25, -0.2) is 4.79 Å². The van der Waals surface area contributed by atoms with Crippen LogP contribution in [0, 0.1) is 0 Å². The minimum absolute atomic E-state index is 0.0815. The van der Waals surface area contributed by atoms with Crippen molar-refractivity contribution >= 4 is 11.6 Å². The van der Waals surface area contributed by atoms with Gasteiger partial charge in [0.05, 0.1) is 6.04 Å². The van der Waals surface area contributed by atoms with E-state index in [0.717, 1.165) is 19.5 Å². The van der Waals surface area contributed by atoms with E-state index in [2.05, 4.69) is 28.9 Å². The molecule has 1 aromatic carbocycles. The molecule has 2 atom stereocenters. The van der Waals surface area contributed by atoms with Crippen molar-refractivity contribution in [1.82, 2.24) is 14.5 Å². The van der Waals surface area contributed by atoms with E-state index >= 15 is 0 Å². The van der Waals surface area contributed by atoms with Gasteiger partial charge in [0.15, 0.2) is 0 Å². The molecule has 5 nitrogen and oxygen atoms in total. The summed E-state index contributed by atoms with van der Waals surface area (Å²) in [6.07, 6.45) is 0.776. The maximum Gasteiger partial charge on any atom is 0.329 e. The Kier molecular flexibility index (Phi) is 4.18. The van der Waals surface area contributed by atoms with Crippen LogP contribution in [0.2, 0.25) is 5.15 Å². The van der Waals surface area contributed by atoms with E-state index in [-0.39, 0.29) is 22.8 Å². The van der Waals surface area contributed by atoms with Crippen LogP contribution in [0.3, 0.4) is 0 Å². The summed E-state index contributed by atoms with van der Waals surface area (Å²) in [5, 5.41) is 0.0815. The number of aromatic nitrogens is 2. The van der Waals surface area contributed by atoms with Gasteiger partial charge in [-0.05, 0) is 18.9 Å². The fourth-order valence-electron chi connectivity index (χ4n) is 3.16. The number of H-pyrrole nitrogens is 1. The number of nitrogens with one attached hydrogen (secondary N) is 1. The summed E-state index contributed by atoms with van der Waals surface area (Å²) in [6, 6.07) is 11.4. The second-order valence-corrected chi connectivity index (χ2v) is 6.09. The molecule has 0 amide bonds. The Bertz CT molecular complexity index is 738. The third-order valence-electron chi connectivity index (χ3n) is 4.34. The van der Waals surface area contributed by atoms with Crippen molar-refractivity contribution in [2.45, 2.75) is 32.0 Å². The number of halogens is 1. The molecule has 2 aromatic rings. The quantitative estimate of drug-likeness (QED) is 0.881. The Morgan fingerprint density at radius 1 is 1.27 bits per heavy atom. The molecule has 1 N–H and O–H groups in total. The van der Waals surface area contributed by atoms with E-state index in [1.54, 1.807) is 0 Å². The largest absolute Gasteiger partial charge is 0.329 e. The summed E-state index contributed by atoms with van der Waals surface area (Å²) in [5.74, 6) is 0. The van der Waals surface area contributed by atoms with E-state index in [1.807, 2.05) is 18.2 Å². The Morgan fingerprint density at radius 2 is 2.00 bits per heavy atom. The molecule has 0 spiro atoms. The lowest BCUT2D eigenvalue weighted by Gasteiger charge is -2.25. The average Bonchev–Trinajstić information content (AvgIpc) is 2.81. The minimum Gasteiger partial charge on any atom is -0.298 e. The highest BCUT2D eigenvalue weighted by Gasteiger charge is 2.33. The van der Waals surface area contributed by atoms with Gasteiger partial charge >= 0.3 is 5.69 Å². The summed E-state index contributed by atoms with van der Waals surface area (Å²) >= 11 is 5.72. The molecule has 2 unspecified atom stereocenters. The molecule has 0 aliphatic carbocycles. The molecule has 1 aromatic heterocycles. The molecule has 6 heteroatoms. The first-order valence-corrected chi connectivity index (χ1v) is 7.73. The van der Waals surface area contributed by atoms with Crippen LogP contribution in [0.5, 0.6) is 0 Å². The van der Waals surface area contributed by atoms with Gasteiger partial charge in [-0.1, -0.05) is 41.9 Å². The summed E-state index contributed by atoms with van der Waals surface area (Å²) in [4.78, 5) is 28.9. The van der Waals surface area contributed by atoms with Gasteiger partial charge in [0, 0.05) is 25.2 Å². The van der Waals surface area contributed by atoms with Crippen LogP contribution < -0.4 is 11.2 Å². The highest BCUT2D eigenvalue weighted by molar-refractivity contribution is 6.29. The van der Waals surface area contributed by atoms with Gasteiger partial charge in [0.1, 0.15) is 5.15 Å². The summed E-state index contributed by atoms with van der Waals surface area (Å²) in [7, 11) is 0. The average molecular weight is 320 g/mol. The molecule has 0 bridgehead atoms. The monoisotopic (exact) mass is 319 g/mol. The van der Waals surface area contributed by atoms with Gasteiger partial charge in [0.25, 0.3) is 5.56 Å². The van der Waals surface area contributed by atoms with E-state index in [1.165, 1.54) is 16.2 Å². The van der Waals surface area contributed by atoms with Crippen molar-refractivity contribution in [3.05, 3.63) is 68.0 Å². The maximum absolute atomic E-state index is 12.1. The van der Waals surface area contributed by atoms with Crippen LogP contribution in [0.15, 0.2) is 46.0 Å². The second kappa shape index (κ2) is 6.10. The van der Waals surface area contributed by atoms with Crippen LogP contribution in [0.1, 0.15) is 24.9 Å². The standard InChI is InChI=1S/C16H18ClN3O2/c1-11-13(20-15(21)9-14(17)18-16(20)22)7-8-19(11)10-12-5-3-2-4-6-12/h2-6,9,11,13H,7-8,10H2,1H3,(H,18,22). The molecule has 3 rings (SSSR count). The van der Waals surface area contributed by atoms with Crippen molar-refractivity contribution in [2.75, 3.05) is 6.54 Å². The fraction of sp³-hybridized carbons (Fsp3) is 0.375. The van der Waals surface area contributed by atoms with Crippen molar-refractivity contribution < 1.29 is 0 Å². The molecular formula is C16H18ClN3O2. The zero-order chi connectivity index (χ0) is 15.7. The van der Waals surface area contributed by atoms with E-state index < -0.39 is 5.69 Å². The number of aromatic amines is 1. The first-order valence-electron chi connectivity index (χ1n) is 7.35. The lowest BCUT2D eigenvalue weighted by Crippen LogP contribution is -2.42. The maximum atomic E-state index is 12.1. The Morgan fingerprint density at radius 3 is 2.68 bits per heavy atom. The summed E-state index contributed by atoms with van der Waals surface area (Å²) < 4.78 is 1.29. The predicted molar refractivity (Wildman–Crippen MR) is 86.3 cm³/mol. The van der Waals surface area contributed by atoms with Gasteiger partial charge in [0.2, 0.25) is 0 Å². The molecule has 1 fully saturated rings. The number of likely N-dealkylation sites (tertiary alicyclic amines) is 1. The highest BCUT2D eigenvalue weighted by atomic mass is 35.5. The molecular weight excluding hydrogens is 302 g/mol. The van der Waals surface area contributed by atoms with Crippen molar-refractivity contribution in [3.8, 4) is 0 Å². The molecule has 0 radical (unpaired) electrons. The number of benzene rings is 1. The molecule has 2 heterocycles. The number of hydrogen-bond acceptors (Lipinski definition) is 3. The second-order valence-electron chi connectivity index (χ2n) is 5.68. The smallest absolute Gasteiger partial charge is 0.298 e. The van der Waals surface area contributed by atoms with Crippen molar-refractivity contribution in [2.24, 2.45) is 0 Å². The predicted octanol–water partition coefficient (Wildman–Crippen LogP) is 2.03. The van der Waals surface area contributed by atoms with E-state index in [0.29, 0.717) is 0 Å². The third-order valence-corrected chi connectivity index (χ3v) is 4.54. The van der Waals surface area contributed by atoms with Crippen molar-refractivity contribution in [1.29, 1.82) is 0 Å². The minimum atomic E-state index is -0.434. The van der Waals surface area contributed by atoms with Crippen LogP contribution in [-0.2, 0) is 6.54 Å². The van der Waals surface area contributed by atoms with Crippen LogP contribution in [0.4, 0.5) is 0 Å². The van der Waals surface area contributed by atoms with Crippen LogP contribution in [-0.4, -0.2) is 27.0 Å². The Labute approximate surface area is 133 Å². The molecule has 0 saturated carbocycles. The van der Waals surface area contributed by atoms with Crippen LogP contribution in [0.25, 0.3) is 0 Å². The van der Waals surface area contributed by atoms with Gasteiger partial charge in [-0.15, -0.1) is 0 Å². The number of rotatable bonds is 3. The molecule has 22 heavy (non-hydrogen) atoms. The lowest BCUT2D eigenvalue weighted by atomic mass is 10.1. The fourth-order valence-corrected chi connectivity index (χ4v) is 3.34. The zero-order valence-corrected chi connectivity index (χ0v) is 13.1. The molecule has 1 aliphatic rings. The summed E-state index contributed by atoms with van der Waals surface area (Å²) in [5.41, 5.74) is 0.454. The Hall–Kier alpha value is -1.85. The third kappa shape index (κ3) is 2.87. The van der Waals surface area contributed by atoms with Gasteiger partial charge in [-0.3, -0.25) is 19.2 Å². The molecule has 116 valence electrons. The van der Waals surface area contributed by atoms with Crippen LogP contribution >= 0.6 is 11.6 Å².